The van der Waals surface area contributed by atoms with Crippen LogP contribution < -0.4 is 19.7 Å². The normalized spacial score (nSPS) is 14.1. The number of amides is 1. The molecule has 3 aromatic carbocycles. The van der Waals surface area contributed by atoms with Gasteiger partial charge in [0.1, 0.15) is 24.7 Å². The highest BCUT2D eigenvalue weighted by molar-refractivity contribution is 7.94. The van der Waals surface area contributed by atoms with Gasteiger partial charge in [-0.05, 0) is 75.0 Å². The molecular weight excluding hydrogens is 904 g/mol. The van der Waals surface area contributed by atoms with Gasteiger partial charge in [-0.15, -0.1) is 0 Å². The number of aliphatic carboxylic acids is 1. The molecule has 1 aliphatic rings. The van der Waals surface area contributed by atoms with Crippen LogP contribution in [0.1, 0.15) is 54.0 Å². The number of rotatable bonds is 12. The molecule has 0 saturated carbocycles. The monoisotopic (exact) mass is 946 g/mol. The number of benzene rings is 3. The van der Waals surface area contributed by atoms with Crippen LogP contribution >= 0.6 is 19.2 Å². The van der Waals surface area contributed by atoms with E-state index in [0.717, 1.165) is 34.6 Å². The summed E-state index contributed by atoms with van der Waals surface area (Å²) in [6.07, 6.45) is -0.0672. The number of carboxylic acids is 1. The number of nitrogens with zero attached hydrogens (tertiary/aromatic N) is 2. The van der Waals surface area contributed by atoms with Gasteiger partial charge in [0.2, 0.25) is 0 Å². The largest absolute Gasteiger partial charge is 0.778 e. The number of halogens is 4. The van der Waals surface area contributed by atoms with Gasteiger partial charge < -0.3 is 33.7 Å². The first-order valence-corrected chi connectivity index (χ1v) is 23.2. The molecule has 1 aliphatic heterocycles. The number of nitro benzene ring substituents is 1. The fourth-order valence-electron chi connectivity index (χ4n) is 4.31. The number of carboxylic acid groups (broad SMARTS) is 1. The van der Waals surface area contributed by atoms with Gasteiger partial charge in [0.25, 0.3) is 11.6 Å². The number of alkyl halides is 3. The molecule has 0 aliphatic carbocycles. The van der Waals surface area contributed by atoms with E-state index in [1.165, 1.54) is 6.92 Å². The minimum absolute atomic E-state index is 0.0398. The predicted molar refractivity (Wildman–Crippen MR) is 217 cm³/mol. The molecule has 2 atom stereocenters. The fourth-order valence-corrected chi connectivity index (χ4v) is 6.35. The Morgan fingerprint density at radius 1 is 1.07 bits per heavy atom. The average Bonchev–Trinajstić information content (AvgIpc) is 3.11. The second kappa shape index (κ2) is 23.9. The van der Waals surface area contributed by atoms with E-state index in [-0.39, 0.29) is 23.1 Å². The van der Waals surface area contributed by atoms with Gasteiger partial charge in [-0.2, -0.15) is 21.6 Å². The Morgan fingerprint density at radius 3 is 2.15 bits per heavy atom. The number of carbonyl (C=O) groups is 4. The Bertz CT molecular complexity index is 2190. The van der Waals surface area contributed by atoms with Crippen molar-refractivity contribution in [3.05, 3.63) is 92.5 Å². The number of ether oxygens (including phenoxy) is 3. The average molecular weight is 947 g/mol. The molecule has 338 valence electrons. The van der Waals surface area contributed by atoms with E-state index in [1.807, 2.05) is 5.32 Å². The standard InChI is InChI=1S/C19H15ClF3NO7.C10H12N2O3S.C3H8NO5P.C3H9S/c1-3-29-17(25)10(2)30-18(26)13-9-12(5-6-15(13)24(27)28)31-16-7-4-11(8-14(16)20)19(21,22)23;1-7(2)12-10(13)8-5-3-4-6-9(8)11-16(12,14)15;5-3(6)1-4-2-10(7,8)9;1-4(2)3/h4-10H,3H2,1-2H3;3-7,11H,1-2H3;4H,1-2H2,(H,5,6)(H2,7,8,9);1-3H3/q;;;+1/p-1. The number of anilines is 1. The summed E-state index contributed by atoms with van der Waals surface area (Å²) in [5.41, 5.74) is -1.45. The van der Waals surface area contributed by atoms with E-state index in [9.17, 15) is 60.3 Å². The summed E-state index contributed by atoms with van der Waals surface area (Å²) in [5, 5.41) is 20.8. The van der Waals surface area contributed by atoms with Crippen LogP contribution in [0, 0.1) is 10.1 Å². The number of hydrogen-bond donors (Lipinski definition) is 4. The van der Waals surface area contributed by atoms with Gasteiger partial charge in [-0.1, -0.05) is 23.7 Å². The Labute approximate surface area is 356 Å². The summed E-state index contributed by atoms with van der Waals surface area (Å²) in [4.78, 5) is 74.1. The van der Waals surface area contributed by atoms with Gasteiger partial charge in [-0.25, -0.2) is 13.9 Å². The zero-order valence-corrected chi connectivity index (χ0v) is 36.7. The van der Waals surface area contributed by atoms with E-state index in [2.05, 4.69) is 23.5 Å². The van der Waals surface area contributed by atoms with Gasteiger partial charge >= 0.3 is 34.3 Å². The lowest BCUT2D eigenvalue weighted by Gasteiger charge is -2.31. The summed E-state index contributed by atoms with van der Waals surface area (Å²) in [6.45, 7) is 5.65. The number of esters is 2. The van der Waals surface area contributed by atoms with Crippen molar-refractivity contribution in [2.24, 2.45) is 0 Å². The minimum atomic E-state index is -4.61. The van der Waals surface area contributed by atoms with Crippen molar-refractivity contribution in [2.75, 3.05) is 42.9 Å². The Morgan fingerprint density at radius 2 is 1.66 bits per heavy atom. The molecule has 4 N–H and O–H groups in total. The molecule has 0 saturated heterocycles. The van der Waals surface area contributed by atoms with Gasteiger partial charge in [-0.3, -0.25) is 29.7 Å². The number of nitrogens with one attached hydrogen (secondary N) is 2. The van der Waals surface area contributed by atoms with Crippen molar-refractivity contribution in [2.45, 2.75) is 46.0 Å². The lowest BCUT2D eigenvalue weighted by atomic mass is 10.1. The van der Waals surface area contributed by atoms with Crippen LogP contribution in [0.5, 0.6) is 11.5 Å². The molecule has 0 bridgehead atoms. The Kier molecular flexibility index (Phi) is 21.2. The molecule has 0 aromatic heterocycles. The van der Waals surface area contributed by atoms with Gasteiger partial charge in [0.05, 0.1) is 65.0 Å². The molecule has 26 heteroatoms. The topological polar surface area (TPSA) is 281 Å². The molecule has 0 radical (unpaired) electrons. The van der Waals surface area contributed by atoms with Crippen LogP contribution in [0.25, 0.3) is 0 Å². The summed E-state index contributed by atoms with van der Waals surface area (Å²) < 4.78 is 90.0. The highest BCUT2D eigenvalue weighted by atomic mass is 35.5. The van der Waals surface area contributed by atoms with E-state index in [0.29, 0.717) is 28.2 Å². The quantitative estimate of drug-likeness (QED) is 0.0609. The zero-order valence-electron chi connectivity index (χ0n) is 33.4. The maximum atomic E-state index is 12.8. The van der Waals surface area contributed by atoms with Crippen molar-refractivity contribution in [3.63, 3.8) is 0 Å². The molecule has 3 aromatic rings. The van der Waals surface area contributed by atoms with Crippen LogP contribution in [0.3, 0.4) is 0 Å². The van der Waals surface area contributed by atoms with E-state index in [1.54, 1.807) is 45.0 Å². The van der Waals surface area contributed by atoms with Crippen LogP contribution in [0.15, 0.2) is 60.7 Å². The number of hydrogen-bond acceptors (Lipinski definition) is 14. The third-order valence-corrected chi connectivity index (χ3v) is 9.19. The predicted octanol–water partition coefficient (Wildman–Crippen LogP) is 5.03. The lowest BCUT2D eigenvalue weighted by Crippen LogP contribution is -2.48. The van der Waals surface area contributed by atoms with Crippen LogP contribution in [0.2, 0.25) is 5.02 Å². The number of fused-ring (bicyclic) bond motifs is 1. The molecule has 1 heterocycles. The first-order chi connectivity index (χ1) is 28.0. The zero-order chi connectivity index (χ0) is 47.0. The molecule has 0 spiro atoms. The van der Waals surface area contributed by atoms with Crippen molar-refractivity contribution >= 4 is 75.5 Å². The third kappa shape index (κ3) is 18.7. The second-order valence-electron chi connectivity index (χ2n) is 12.7. The second-order valence-corrected chi connectivity index (χ2v) is 18.7. The molecular formula is C35H43ClF3N4O15PS2. The highest BCUT2D eigenvalue weighted by Gasteiger charge is 2.37. The maximum absolute atomic E-state index is 12.8. The lowest BCUT2D eigenvalue weighted by molar-refractivity contribution is -0.385. The SMILES string of the molecule is CC(C)N1C(=O)c2ccccc2NS1(=O)=O.CCOC(=O)C(C)OC(=O)c1cc(Oc2ccc(C(F)(F)F)cc2Cl)ccc1[N+](=O)[O-].C[S+](C)C.O=C(O)CNCP(=O)([O-])O. The van der Waals surface area contributed by atoms with E-state index >= 15 is 0 Å². The van der Waals surface area contributed by atoms with Crippen molar-refractivity contribution < 1.29 is 79.4 Å². The highest BCUT2D eigenvalue weighted by Crippen LogP contribution is 2.37. The molecule has 61 heavy (non-hydrogen) atoms. The summed E-state index contributed by atoms with van der Waals surface area (Å²) >= 11 is 5.83. The summed E-state index contributed by atoms with van der Waals surface area (Å²) in [7, 11) is -7.46. The summed E-state index contributed by atoms with van der Waals surface area (Å²) in [5.74, 6) is -4.01. The summed E-state index contributed by atoms with van der Waals surface area (Å²) in [6, 6.07) is 11.5. The first kappa shape index (κ1) is 54.0. The Balaban J connectivity index is 0.000000510. The smallest absolute Gasteiger partial charge is 0.416 e. The van der Waals surface area contributed by atoms with Crippen LogP contribution in [0.4, 0.5) is 24.5 Å². The van der Waals surface area contributed by atoms with Crippen molar-refractivity contribution in [1.29, 1.82) is 0 Å². The van der Waals surface area contributed by atoms with E-state index < -0.39 is 94.5 Å². The molecule has 19 nitrogen and oxygen atoms in total. The molecule has 2 unspecified atom stereocenters. The third-order valence-electron chi connectivity index (χ3n) is 6.69. The molecule has 1 amide bonds. The van der Waals surface area contributed by atoms with Crippen molar-refractivity contribution in [3.8, 4) is 11.5 Å². The Hall–Kier alpha value is -4.97. The van der Waals surface area contributed by atoms with Crippen LogP contribution in [-0.4, -0.2) is 102 Å². The van der Waals surface area contributed by atoms with Gasteiger partial charge in [0.15, 0.2) is 6.10 Å². The number of carbonyl (C=O) groups excluding carboxylic acids is 3. The van der Waals surface area contributed by atoms with Crippen LogP contribution in [-0.2, 0) is 50.9 Å². The molecule has 4 rings (SSSR count). The minimum Gasteiger partial charge on any atom is -0.778 e. The number of nitro groups is 1. The maximum Gasteiger partial charge on any atom is 0.416 e. The van der Waals surface area contributed by atoms with E-state index in [4.69, 9.17) is 35.8 Å². The van der Waals surface area contributed by atoms with Crippen molar-refractivity contribution in [1.82, 2.24) is 9.62 Å². The first-order valence-electron chi connectivity index (χ1n) is 17.1. The number of para-hydroxylation sites is 1. The fraction of sp³-hybridized carbons (Fsp3) is 0.371. The van der Waals surface area contributed by atoms with Gasteiger partial charge in [0, 0.05) is 18.2 Å². The molecule has 0 fully saturated rings.